The lowest BCUT2D eigenvalue weighted by molar-refractivity contribution is -0.136. The lowest BCUT2D eigenvalue weighted by Gasteiger charge is -2.36. The number of nitrogens with zero attached hydrogens (tertiary/aromatic N) is 3. The first kappa shape index (κ1) is 19.7. The molecule has 4 rings (SSSR count). The molecule has 27 heavy (non-hydrogen) atoms. The Hall–Kier alpha value is -2.04. The molecule has 1 saturated heterocycles. The molecule has 2 N–H and O–H groups in total. The van der Waals surface area contributed by atoms with Gasteiger partial charge < -0.3 is 19.5 Å². The summed E-state index contributed by atoms with van der Waals surface area (Å²) in [5.74, 6) is -0.434. The molecule has 1 amide bonds. The van der Waals surface area contributed by atoms with Gasteiger partial charge in [-0.3, -0.25) is 4.79 Å². The molecule has 0 aliphatic carbocycles. The van der Waals surface area contributed by atoms with Crippen LogP contribution >= 0.6 is 28.3 Å². The Morgan fingerprint density at radius 2 is 1.96 bits per heavy atom. The van der Waals surface area contributed by atoms with Crippen molar-refractivity contribution < 1.29 is 22.4 Å². The largest absolute Gasteiger partial charge is 0.457 e. The fourth-order valence-corrected chi connectivity index (χ4v) is 3.21. The minimum Gasteiger partial charge on any atom is -0.457 e. The van der Waals surface area contributed by atoms with Crippen LogP contribution in [0.15, 0.2) is 39.9 Å². The average molecular weight is 466 g/mol. The van der Waals surface area contributed by atoms with Crippen LogP contribution in [0.3, 0.4) is 0 Å². The number of hydrogen-bond acceptors (Lipinski definition) is 4. The number of furan rings is 1. The summed E-state index contributed by atoms with van der Waals surface area (Å²) in [5, 5.41) is 0. The van der Waals surface area contributed by atoms with Gasteiger partial charge in [0.25, 0.3) is 5.91 Å². The van der Waals surface area contributed by atoms with Gasteiger partial charge in [-0.2, -0.15) is 13.2 Å². The first-order chi connectivity index (χ1) is 12.2. The Morgan fingerprint density at radius 1 is 1.26 bits per heavy atom. The zero-order valence-electron chi connectivity index (χ0n) is 13.5. The number of fused-ring (bicyclic) bond motifs is 1. The van der Waals surface area contributed by atoms with Crippen LogP contribution in [-0.4, -0.2) is 39.3 Å². The summed E-state index contributed by atoms with van der Waals surface area (Å²) in [6.45, 7) is 0.736. The molecule has 0 atom stereocenters. The van der Waals surface area contributed by atoms with E-state index in [1.165, 1.54) is 28.0 Å². The summed E-state index contributed by atoms with van der Waals surface area (Å²) >= 11 is 3.13. The fraction of sp³-hybridized carbons (Fsp3) is 0.250. The van der Waals surface area contributed by atoms with Gasteiger partial charge in [0, 0.05) is 42.7 Å². The molecule has 0 spiro atoms. The molecule has 4 heterocycles. The maximum Gasteiger partial charge on any atom is 0.420 e. The molecule has 3 aromatic rings. The van der Waals surface area contributed by atoms with Crippen molar-refractivity contribution in [2.75, 3.05) is 13.1 Å². The normalized spacial score (nSPS) is 14.9. The van der Waals surface area contributed by atoms with Gasteiger partial charge in [0.2, 0.25) is 0 Å². The standard InChI is InChI=1S/C16H12BrF3N4O2.ClH/c17-13-2-9(7-26-13)8-1-11(16(18,19)20)14-22-12(6-23(14)3-8)15(25)24-4-10(21)5-24;/h1-3,6-7,10H,4-5,21H2;1H. The van der Waals surface area contributed by atoms with E-state index in [2.05, 4.69) is 20.9 Å². The molecule has 0 saturated carbocycles. The van der Waals surface area contributed by atoms with E-state index >= 15 is 0 Å². The van der Waals surface area contributed by atoms with Crippen molar-refractivity contribution in [1.82, 2.24) is 14.3 Å². The van der Waals surface area contributed by atoms with Gasteiger partial charge in [-0.05, 0) is 28.1 Å². The molecule has 0 radical (unpaired) electrons. The van der Waals surface area contributed by atoms with Crippen LogP contribution in [0.2, 0.25) is 0 Å². The topological polar surface area (TPSA) is 76.8 Å². The minimum absolute atomic E-state index is 0. The van der Waals surface area contributed by atoms with E-state index in [0.717, 1.165) is 6.07 Å². The third-order valence-corrected chi connectivity index (χ3v) is 4.59. The zero-order chi connectivity index (χ0) is 18.6. The lowest BCUT2D eigenvalue weighted by Crippen LogP contribution is -2.57. The van der Waals surface area contributed by atoms with E-state index in [9.17, 15) is 18.0 Å². The van der Waals surface area contributed by atoms with Crippen molar-refractivity contribution in [2.45, 2.75) is 12.2 Å². The summed E-state index contributed by atoms with van der Waals surface area (Å²) in [6, 6.07) is 2.45. The summed E-state index contributed by atoms with van der Waals surface area (Å²) in [5.41, 5.74) is 5.12. The number of carbonyl (C=O) groups excluding carboxylic acids is 1. The summed E-state index contributed by atoms with van der Waals surface area (Å²) < 4.78 is 47.3. The number of alkyl halides is 3. The number of pyridine rings is 1. The van der Waals surface area contributed by atoms with E-state index < -0.39 is 17.6 Å². The second-order valence-electron chi connectivity index (χ2n) is 6.11. The number of nitrogens with two attached hydrogens (primary N) is 1. The number of likely N-dealkylation sites (tertiary alicyclic amines) is 1. The minimum atomic E-state index is -4.62. The smallest absolute Gasteiger partial charge is 0.420 e. The number of rotatable bonds is 2. The van der Waals surface area contributed by atoms with Crippen molar-refractivity contribution in [3.05, 3.63) is 46.7 Å². The maximum atomic E-state index is 13.5. The van der Waals surface area contributed by atoms with Gasteiger partial charge in [-0.15, -0.1) is 12.4 Å². The van der Waals surface area contributed by atoms with Crippen LogP contribution in [0, 0.1) is 0 Å². The predicted molar refractivity (Wildman–Crippen MR) is 96.7 cm³/mol. The second kappa shape index (κ2) is 6.84. The fourth-order valence-electron chi connectivity index (χ4n) is 2.87. The number of imidazole rings is 1. The SMILES string of the molecule is Cl.NC1CN(C(=O)c2cn3cc(-c4coc(Br)c4)cc(C(F)(F)F)c3n2)C1. The van der Waals surface area contributed by atoms with E-state index in [1.807, 2.05) is 0 Å². The van der Waals surface area contributed by atoms with Crippen molar-refractivity contribution in [1.29, 1.82) is 0 Å². The molecule has 1 aliphatic heterocycles. The second-order valence-corrected chi connectivity index (χ2v) is 6.89. The lowest BCUT2D eigenvalue weighted by atomic mass is 10.1. The first-order valence-electron chi connectivity index (χ1n) is 7.61. The van der Waals surface area contributed by atoms with Gasteiger partial charge in [0.15, 0.2) is 4.67 Å². The van der Waals surface area contributed by atoms with Gasteiger partial charge >= 0.3 is 6.18 Å². The summed E-state index contributed by atoms with van der Waals surface area (Å²) in [7, 11) is 0. The van der Waals surface area contributed by atoms with Crippen molar-refractivity contribution in [3.63, 3.8) is 0 Å². The Balaban J connectivity index is 0.00000210. The third-order valence-electron chi connectivity index (χ3n) is 4.17. The Kier molecular flexibility index (Phi) is 5.00. The number of halogens is 5. The Labute approximate surface area is 165 Å². The van der Waals surface area contributed by atoms with Crippen LogP contribution in [0.25, 0.3) is 16.8 Å². The van der Waals surface area contributed by atoms with Crippen molar-refractivity contribution in [2.24, 2.45) is 5.73 Å². The Bertz CT molecular complexity index is 1010. The number of hydrogen-bond donors (Lipinski definition) is 1. The molecule has 6 nitrogen and oxygen atoms in total. The summed E-state index contributed by atoms with van der Waals surface area (Å²) in [6.07, 6.45) is -0.498. The highest BCUT2D eigenvalue weighted by Crippen LogP contribution is 2.36. The van der Waals surface area contributed by atoms with E-state index in [4.69, 9.17) is 10.2 Å². The molecule has 1 fully saturated rings. The maximum absolute atomic E-state index is 13.5. The molecular formula is C16H13BrClF3N4O2. The van der Waals surface area contributed by atoms with Crippen LogP contribution in [0.4, 0.5) is 13.2 Å². The third kappa shape index (κ3) is 3.56. The number of amides is 1. The quantitative estimate of drug-likeness (QED) is 0.628. The molecule has 0 aromatic carbocycles. The zero-order valence-corrected chi connectivity index (χ0v) is 15.9. The van der Waals surface area contributed by atoms with Gasteiger partial charge in [0.05, 0.1) is 11.8 Å². The highest BCUT2D eigenvalue weighted by molar-refractivity contribution is 9.10. The molecule has 1 aliphatic rings. The van der Waals surface area contributed by atoms with Crippen LogP contribution < -0.4 is 5.73 Å². The van der Waals surface area contributed by atoms with Crippen LogP contribution in [-0.2, 0) is 6.18 Å². The molecule has 0 bridgehead atoms. The average Bonchev–Trinajstić information content (AvgIpc) is 3.15. The van der Waals surface area contributed by atoms with Gasteiger partial charge in [0.1, 0.15) is 11.3 Å². The van der Waals surface area contributed by atoms with Crippen molar-refractivity contribution >= 4 is 39.9 Å². The number of aromatic nitrogens is 2. The van der Waals surface area contributed by atoms with Gasteiger partial charge in [-0.1, -0.05) is 0 Å². The first-order valence-corrected chi connectivity index (χ1v) is 8.41. The van der Waals surface area contributed by atoms with E-state index in [0.29, 0.717) is 28.9 Å². The molecular weight excluding hydrogens is 453 g/mol. The van der Waals surface area contributed by atoms with E-state index in [1.54, 1.807) is 6.07 Å². The Morgan fingerprint density at radius 3 is 2.52 bits per heavy atom. The monoisotopic (exact) mass is 464 g/mol. The van der Waals surface area contributed by atoms with Gasteiger partial charge in [-0.25, -0.2) is 4.98 Å². The molecule has 3 aromatic heterocycles. The predicted octanol–water partition coefficient (Wildman–Crippen LogP) is 3.58. The molecule has 0 unspecified atom stereocenters. The highest BCUT2D eigenvalue weighted by Gasteiger charge is 2.36. The number of carbonyl (C=O) groups is 1. The summed E-state index contributed by atoms with van der Waals surface area (Å²) in [4.78, 5) is 17.7. The van der Waals surface area contributed by atoms with Crippen molar-refractivity contribution in [3.8, 4) is 11.1 Å². The van der Waals surface area contributed by atoms with Crippen LogP contribution in [0.5, 0.6) is 0 Å². The highest BCUT2D eigenvalue weighted by atomic mass is 79.9. The van der Waals surface area contributed by atoms with E-state index in [-0.39, 0.29) is 29.8 Å². The van der Waals surface area contributed by atoms with Crippen LogP contribution in [0.1, 0.15) is 16.1 Å². The molecule has 11 heteroatoms. The molecule has 144 valence electrons.